The van der Waals surface area contributed by atoms with Gasteiger partial charge in [0.15, 0.2) is 0 Å². The van der Waals surface area contributed by atoms with Crippen LogP contribution in [0, 0.1) is 0 Å². The van der Waals surface area contributed by atoms with Crippen LogP contribution >= 0.6 is 11.6 Å². The van der Waals surface area contributed by atoms with Crippen molar-refractivity contribution in [2.45, 2.75) is 19.4 Å². The molecule has 0 saturated carbocycles. The molecule has 1 aliphatic heterocycles. The molecule has 2 aromatic rings. The number of carbonyl (C=O) groups is 2. The van der Waals surface area contributed by atoms with Gasteiger partial charge >= 0.3 is 5.97 Å². The van der Waals surface area contributed by atoms with E-state index in [-0.39, 0.29) is 18.0 Å². The molecule has 30 heavy (non-hydrogen) atoms. The molecule has 0 bridgehead atoms. The Balaban J connectivity index is 2.17. The number of ether oxygens (including phenoxy) is 2. The zero-order valence-corrected chi connectivity index (χ0v) is 16.7. The molecule has 1 aliphatic rings. The number of nitrogens with one attached hydrogen (secondary N) is 2. The largest absolute Gasteiger partial charge is 0.497 e. The number of carbonyl (C=O) groups excluding carboxylic acids is 2. The number of esters is 1. The molecule has 0 radical (unpaired) electrons. The summed E-state index contributed by atoms with van der Waals surface area (Å²) in [6, 6.07) is 10.3. The summed E-state index contributed by atoms with van der Waals surface area (Å²) in [6.45, 7) is -0.520. The van der Waals surface area contributed by atoms with Crippen LogP contribution in [0.2, 0.25) is 5.02 Å². The number of fused-ring (bicyclic) bond motifs is 1. The minimum atomic E-state index is -2.67. The highest BCUT2D eigenvalue weighted by Crippen LogP contribution is 2.31. The Hall–Kier alpha value is -3.39. The molecule has 9 heteroatoms. The average molecular weight is 433 g/mol. The van der Waals surface area contributed by atoms with E-state index in [0.717, 1.165) is 0 Å². The zero-order chi connectivity index (χ0) is 24.9. The van der Waals surface area contributed by atoms with Crippen LogP contribution < -0.4 is 15.6 Å². The van der Waals surface area contributed by atoms with Gasteiger partial charge in [-0.2, -0.15) is 0 Å². The maximum absolute atomic E-state index is 12.1. The quantitative estimate of drug-likeness (QED) is 0.571. The number of hydrogen-bond acceptors (Lipinski definition) is 7. The van der Waals surface area contributed by atoms with E-state index in [1.165, 1.54) is 25.3 Å². The third kappa shape index (κ3) is 4.96. The van der Waals surface area contributed by atoms with Crippen molar-refractivity contribution in [1.82, 2.24) is 10.9 Å². The summed E-state index contributed by atoms with van der Waals surface area (Å²) in [5, 5.41) is 0.500. The number of rotatable bonds is 4. The van der Waals surface area contributed by atoms with E-state index in [1.54, 1.807) is 24.3 Å². The van der Waals surface area contributed by atoms with E-state index < -0.39 is 31.9 Å². The van der Waals surface area contributed by atoms with Crippen LogP contribution in [-0.4, -0.2) is 43.6 Å². The molecule has 0 aliphatic carbocycles. The molecule has 0 saturated heterocycles. The third-order valence-electron chi connectivity index (χ3n) is 4.22. The van der Waals surface area contributed by atoms with Crippen molar-refractivity contribution in [3.63, 3.8) is 0 Å². The van der Waals surface area contributed by atoms with E-state index in [0.29, 0.717) is 27.5 Å². The van der Waals surface area contributed by atoms with Gasteiger partial charge in [0.05, 0.1) is 36.1 Å². The fourth-order valence-electron chi connectivity index (χ4n) is 2.82. The van der Waals surface area contributed by atoms with Crippen molar-refractivity contribution in [1.29, 1.82) is 0 Å². The Kier molecular flexibility index (Phi) is 5.15. The number of hydrazine groups is 1. The SMILES string of the molecule is [2H]CC(=O)NNC1=Nc2ccc(OC([2H])([2H])[2H])cc2C(c2ccc(Cl)cc2)=N[C@H]1CC(=O)OC. The van der Waals surface area contributed by atoms with E-state index >= 15 is 0 Å². The molecule has 1 amide bonds. The molecule has 0 spiro atoms. The van der Waals surface area contributed by atoms with Crippen molar-refractivity contribution in [2.75, 3.05) is 14.1 Å². The number of hydrogen-bond donors (Lipinski definition) is 2. The minimum Gasteiger partial charge on any atom is -0.497 e. The zero-order valence-electron chi connectivity index (χ0n) is 19.9. The van der Waals surface area contributed by atoms with Gasteiger partial charge in [0.2, 0.25) is 5.91 Å². The molecule has 0 unspecified atom stereocenters. The Bertz CT molecular complexity index is 1140. The molecule has 2 aromatic carbocycles. The number of nitrogens with zero attached hydrogens (tertiary/aromatic N) is 2. The summed E-state index contributed by atoms with van der Waals surface area (Å²) in [7, 11) is -1.43. The van der Waals surface area contributed by atoms with Crippen LogP contribution in [0.25, 0.3) is 0 Å². The molecular weight excluding hydrogens is 408 g/mol. The first-order valence-electron chi connectivity index (χ1n) is 11.0. The van der Waals surface area contributed by atoms with Gasteiger partial charge < -0.3 is 9.47 Å². The normalized spacial score (nSPS) is 17.5. The first kappa shape index (κ1) is 16.4. The second-order valence-electron chi connectivity index (χ2n) is 6.23. The molecule has 8 nitrogen and oxygen atoms in total. The molecule has 1 heterocycles. The second kappa shape index (κ2) is 9.41. The predicted octanol–water partition coefficient (Wildman–Crippen LogP) is 2.80. The Morgan fingerprint density at radius 2 is 2.03 bits per heavy atom. The molecule has 0 fully saturated rings. The second-order valence-corrected chi connectivity index (χ2v) is 6.67. The number of aliphatic imine (C=N–C) groups is 2. The molecule has 0 aromatic heterocycles. The monoisotopic (exact) mass is 432 g/mol. The smallest absolute Gasteiger partial charge is 0.308 e. The number of benzene rings is 2. The van der Waals surface area contributed by atoms with Crippen molar-refractivity contribution < 1.29 is 24.5 Å². The Labute approximate surface area is 184 Å². The van der Waals surface area contributed by atoms with Crippen molar-refractivity contribution in [3.8, 4) is 5.75 Å². The van der Waals surface area contributed by atoms with Crippen LogP contribution in [0.3, 0.4) is 0 Å². The highest BCUT2D eigenvalue weighted by Gasteiger charge is 2.26. The average Bonchev–Trinajstić information content (AvgIpc) is 2.93. The molecule has 2 N–H and O–H groups in total. The van der Waals surface area contributed by atoms with Gasteiger partial charge in [-0.25, -0.2) is 4.99 Å². The highest BCUT2D eigenvalue weighted by molar-refractivity contribution is 6.30. The lowest BCUT2D eigenvalue weighted by atomic mass is 10.00. The maximum Gasteiger partial charge on any atom is 0.308 e. The van der Waals surface area contributed by atoms with Crippen molar-refractivity contribution in [3.05, 3.63) is 58.6 Å². The number of amides is 1. The fraction of sp³-hybridized carbons (Fsp3) is 0.238. The molecule has 1 atom stereocenters. The Morgan fingerprint density at radius 3 is 2.73 bits per heavy atom. The van der Waals surface area contributed by atoms with Gasteiger partial charge in [0, 0.05) is 24.4 Å². The van der Waals surface area contributed by atoms with Gasteiger partial charge in [0.1, 0.15) is 17.6 Å². The number of halogens is 1. The van der Waals surface area contributed by atoms with E-state index in [4.69, 9.17) is 31.6 Å². The van der Waals surface area contributed by atoms with Crippen molar-refractivity contribution in [2.24, 2.45) is 9.98 Å². The van der Waals surface area contributed by atoms with E-state index in [2.05, 4.69) is 15.8 Å². The minimum absolute atomic E-state index is 0.0686. The van der Waals surface area contributed by atoms with Gasteiger partial charge in [-0.1, -0.05) is 23.7 Å². The van der Waals surface area contributed by atoms with Crippen LogP contribution in [0.1, 0.15) is 29.9 Å². The van der Waals surface area contributed by atoms with Gasteiger partial charge in [-0.05, 0) is 30.3 Å². The topological polar surface area (TPSA) is 101 Å². The summed E-state index contributed by atoms with van der Waals surface area (Å²) in [6.07, 6.45) is -0.206. The summed E-state index contributed by atoms with van der Waals surface area (Å²) in [4.78, 5) is 33.0. The summed E-state index contributed by atoms with van der Waals surface area (Å²) in [5.41, 5.74) is 6.81. The first-order valence-corrected chi connectivity index (χ1v) is 9.14. The summed E-state index contributed by atoms with van der Waals surface area (Å²) in [5.74, 6) is -0.990. The van der Waals surface area contributed by atoms with Crippen LogP contribution in [0.5, 0.6) is 5.75 Å². The van der Waals surface area contributed by atoms with E-state index in [1.807, 2.05) is 0 Å². The van der Waals surface area contributed by atoms with Gasteiger partial charge in [-0.3, -0.25) is 25.4 Å². The fourth-order valence-corrected chi connectivity index (χ4v) is 2.95. The van der Waals surface area contributed by atoms with Crippen LogP contribution in [0.15, 0.2) is 52.4 Å². The third-order valence-corrected chi connectivity index (χ3v) is 4.47. The lowest BCUT2D eigenvalue weighted by Crippen LogP contribution is -2.45. The standard InChI is InChI=1S/C21H21ClN4O4/c1-12(27)25-26-21-18(11-19(28)30-3)23-20(13-4-6-14(22)7-5-13)16-10-15(29-2)8-9-17(16)24-21/h4-10,18H,11H2,1-3H3,(H,24,26)(H,25,27)/t18-/m0/s1/i1D,2D3. The molecular formula is C21H21ClN4O4. The number of methoxy groups -OCH3 is 2. The van der Waals surface area contributed by atoms with Gasteiger partial charge in [-0.15, -0.1) is 0 Å². The lowest BCUT2D eigenvalue weighted by Gasteiger charge is -2.16. The maximum atomic E-state index is 12.1. The van der Waals surface area contributed by atoms with Crippen LogP contribution in [-0.2, 0) is 14.3 Å². The summed E-state index contributed by atoms with van der Waals surface area (Å²) >= 11 is 6.03. The predicted molar refractivity (Wildman–Crippen MR) is 115 cm³/mol. The van der Waals surface area contributed by atoms with E-state index in [9.17, 15) is 9.59 Å². The van der Waals surface area contributed by atoms with Gasteiger partial charge in [0.25, 0.3) is 0 Å². The Morgan fingerprint density at radius 1 is 1.23 bits per heavy atom. The molecule has 156 valence electrons. The summed E-state index contributed by atoms with van der Waals surface area (Å²) < 4.78 is 39.2. The highest BCUT2D eigenvalue weighted by atomic mass is 35.5. The lowest BCUT2D eigenvalue weighted by molar-refractivity contribution is -0.140. The number of amidine groups is 1. The van der Waals surface area contributed by atoms with Crippen molar-refractivity contribution >= 4 is 40.7 Å². The van der Waals surface area contributed by atoms with Crippen LogP contribution in [0.4, 0.5) is 5.69 Å². The molecule has 3 rings (SSSR count). The first-order chi connectivity index (χ1) is 16.1.